The minimum atomic E-state index is -0.161. The van der Waals surface area contributed by atoms with Crippen LogP contribution in [0.15, 0.2) is 48.5 Å². The van der Waals surface area contributed by atoms with Crippen LogP contribution in [0.5, 0.6) is 23.0 Å². The van der Waals surface area contributed by atoms with Crippen LogP contribution in [0.4, 0.5) is 0 Å². The summed E-state index contributed by atoms with van der Waals surface area (Å²) in [4.78, 5) is 0. The van der Waals surface area contributed by atoms with Gasteiger partial charge in [-0.3, -0.25) is 0 Å². The molecular weight excluding hydrogens is 809 g/mol. The van der Waals surface area contributed by atoms with Gasteiger partial charge in [0, 0.05) is 19.3 Å². The number of hydrogen-bond donors (Lipinski definition) is 0. The van der Waals surface area contributed by atoms with Gasteiger partial charge in [-0.05, 0) is 129 Å². The Kier molecular flexibility index (Phi) is 18.2. The minimum Gasteiger partial charge on any atom is -0.480 e. The molecule has 0 unspecified atom stereocenters. The SMILES string of the molecule is CC#CCOc1c(C)cc(C(C)(C)C)cc1Cc1cc(C(C)(C)C)cc(Cc2cc(C(C)(C)C)cc(Cc3cc(C(C)(C)C)cc(CC)c3OCC#CC)c2OCC#CC)c1OCC#CC. The Bertz CT molecular complexity index is 2600. The van der Waals surface area contributed by atoms with Crippen LogP contribution in [-0.4, -0.2) is 26.4 Å². The second kappa shape index (κ2) is 22.7. The largest absolute Gasteiger partial charge is 0.480 e. The summed E-state index contributed by atoms with van der Waals surface area (Å²) in [6.07, 6.45) is 2.61. The predicted octanol–water partition coefficient (Wildman–Crippen LogP) is 14.1. The molecule has 0 fully saturated rings. The summed E-state index contributed by atoms with van der Waals surface area (Å²) in [5.74, 6) is 28.2. The lowest BCUT2D eigenvalue weighted by molar-refractivity contribution is 0.355. The van der Waals surface area contributed by atoms with Crippen molar-refractivity contribution in [2.75, 3.05) is 26.4 Å². The maximum Gasteiger partial charge on any atom is 0.149 e. The zero-order valence-electron chi connectivity index (χ0n) is 43.9. The van der Waals surface area contributed by atoms with E-state index in [2.05, 4.69) is 193 Å². The Balaban J connectivity index is 2.11. The molecule has 350 valence electrons. The molecule has 4 rings (SSSR count). The molecule has 0 amide bonds. The number of aryl methyl sites for hydroxylation is 2. The molecular formula is C62H78O4. The molecule has 4 aromatic carbocycles. The van der Waals surface area contributed by atoms with Gasteiger partial charge in [-0.2, -0.15) is 0 Å². The van der Waals surface area contributed by atoms with Gasteiger partial charge in [0.2, 0.25) is 0 Å². The number of benzene rings is 4. The van der Waals surface area contributed by atoms with Gasteiger partial charge in [0.25, 0.3) is 0 Å². The van der Waals surface area contributed by atoms with Gasteiger partial charge in [0.15, 0.2) is 0 Å². The molecule has 0 heterocycles. The van der Waals surface area contributed by atoms with Crippen molar-refractivity contribution in [3.8, 4) is 70.4 Å². The highest BCUT2D eigenvalue weighted by Crippen LogP contribution is 2.42. The molecule has 0 spiro atoms. The first-order valence-corrected chi connectivity index (χ1v) is 23.7. The number of ether oxygens (including phenoxy) is 4. The molecule has 0 saturated heterocycles. The average molecular weight is 887 g/mol. The second-order valence-electron chi connectivity index (χ2n) is 21.4. The predicted molar refractivity (Wildman–Crippen MR) is 279 cm³/mol. The molecule has 4 nitrogen and oxygen atoms in total. The fraction of sp³-hybridized carbons (Fsp3) is 0.484. The van der Waals surface area contributed by atoms with Crippen LogP contribution >= 0.6 is 0 Å². The summed E-state index contributed by atoms with van der Waals surface area (Å²) >= 11 is 0. The zero-order chi connectivity index (χ0) is 49.0. The lowest BCUT2D eigenvalue weighted by atomic mass is 9.80. The van der Waals surface area contributed by atoms with Crippen molar-refractivity contribution in [1.82, 2.24) is 0 Å². The van der Waals surface area contributed by atoms with Gasteiger partial charge >= 0.3 is 0 Å². The Labute approximate surface area is 401 Å². The quantitative estimate of drug-likeness (QED) is 0.111. The molecule has 0 N–H and O–H groups in total. The fourth-order valence-electron chi connectivity index (χ4n) is 7.99. The molecule has 0 bridgehead atoms. The Hall–Kier alpha value is -5.68. The molecule has 4 aromatic rings. The van der Waals surface area contributed by atoms with Gasteiger partial charge in [0.05, 0.1) is 0 Å². The monoisotopic (exact) mass is 887 g/mol. The molecule has 0 aliphatic carbocycles. The molecule has 0 atom stereocenters. The Morgan fingerprint density at radius 2 is 0.576 bits per heavy atom. The summed E-state index contributed by atoms with van der Waals surface area (Å²) in [6.45, 7) is 40.2. The van der Waals surface area contributed by atoms with Gasteiger partial charge in [-0.25, -0.2) is 0 Å². The molecule has 0 aliphatic rings. The average Bonchev–Trinajstić information content (AvgIpc) is 3.22. The molecule has 0 aliphatic heterocycles. The zero-order valence-corrected chi connectivity index (χ0v) is 43.9. The van der Waals surface area contributed by atoms with Crippen molar-refractivity contribution in [1.29, 1.82) is 0 Å². The molecule has 0 radical (unpaired) electrons. The third kappa shape index (κ3) is 14.2. The lowest BCUT2D eigenvalue weighted by Gasteiger charge is -2.28. The van der Waals surface area contributed by atoms with Crippen LogP contribution < -0.4 is 18.9 Å². The molecule has 0 aromatic heterocycles. The van der Waals surface area contributed by atoms with E-state index < -0.39 is 0 Å². The van der Waals surface area contributed by atoms with Crippen molar-refractivity contribution in [3.63, 3.8) is 0 Å². The van der Waals surface area contributed by atoms with E-state index in [9.17, 15) is 0 Å². The lowest BCUT2D eigenvalue weighted by Crippen LogP contribution is -2.17. The minimum absolute atomic E-state index is 0.0628. The van der Waals surface area contributed by atoms with Crippen LogP contribution in [0, 0.1) is 54.3 Å². The van der Waals surface area contributed by atoms with E-state index in [0.29, 0.717) is 32.5 Å². The number of rotatable bonds is 15. The summed E-state index contributed by atoms with van der Waals surface area (Å²) in [6, 6.07) is 18.5. The summed E-state index contributed by atoms with van der Waals surface area (Å²) in [7, 11) is 0. The first-order valence-electron chi connectivity index (χ1n) is 23.7. The summed E-state index contributed by atoms with van der Waals surface area (Å²) in [5, 5.41) is 0. The van der Waals surface area contributed by atoms with Crippen LogP contribution in [0.3, 0.4) is 0 Å². The maximum atomic E-state index is 6.87. The standard InChI is InChI=1S/C62H78O4/c1-19-24-28-63-55-43(6)32-51(59(7,8)9)37-45(55)33-47-39-53(61(13,14)15)41-49(57(47)65-30-26-21-3)35-50-42-54(62(16,17)18)40-48(58(50)66-31-27-22-4)34-46-38-52(60(10,11)12)36-44(23-5)56(46)64-29-25-20-2/h32,36-42H,23,28-31,33-35H2,1-18H3. The molecule has 0 saturated carbocycles. The smallest absolute Gasteiger partial charge is 0.149 e. The Morgan fingerprint density at radius 3 is 0.833 bits per heavy atom. The molecule has 4 heteroatoms. The van der Waals surface area contributed by atoms with E-state index in [1.807, 2.05) is 27.7 Å². The van der Waals surface area contributed by atoms with Gasteiger partial charge in [-0.1, -0.05) is 162 Å². The van der Waals surface area contributed by atoms with Crippen molar-refractivity contribution in [2.45, 2.75) is 172 Å². The summed E-state index contributed by atoms with van der Waals surface area (Å²) < 4.78 is 26.8. The highest BCUT2D eigenvalue weighted by molar-refractivity contribution is 5.58. The van der Waals surface area contributed by atoms with Crippen molar-refractivity contribution >= 4 is 0 Å². The fourth-order valence-corrected chi connectivity index (χ4v) is 7.99. The summed E-state index contributed by atoms with van der Waals surface area (Å²) in [5.41, 5.74) is 13.4. The highest BCUT2D eigenvalue weighted by atomic mass is 16.5. The van der Waals surface area contributed by atoms with E-state index in [0.717, 1.165) is 68.4 Å². The molecule has 66 heavy (non-hydrogen) atoms. The van der Waals surface area contributed by atoms with Crippen LogP contribution in [-0.2, 0) is 47.3 Å². The van der Waals surface area contributed by atoms with E-state index in [-0.39, 0.29) is 34.9 Å². The van der Waals surface area contributed by atoms with E-state index in [1.165, 1.54) is 27.8 Å². The normalized spacial score (nSPS) is 11.5. The third-order valence-electron chi connectivity index (χ3n) is 11.9. The van der Waals surface area contributed by atoms with Crippen molar-refractivity contribution < 1.29 is 18.9 Å². The van der Waals surface area contributed by atoms with Crippen LogP contribution in [0.25, 0.3) is 0 Å². The topological polar surface area (TPSA) is 36.9 Å². The maximum absolute atomic E-state index is 6.87. The van der Waals surface area contributed by atoms with Gasteiger partial charge in [0.1, 0.15) is 49.4 Å². The van der Waals surface area contributed by atoms with E-state index >= 15 is 0 Å². The first kappa shape index (κ1) is 52.9. The van der Waals surface area contributed by atoms with Crippen LogP contribution in [0.1, 0.15) is 184 Å². The Morgan fingerprint density at radius 1 is 0.348 bits per heavy atom. The highest BCUT2D eigenvalue weighted by Gasteiger charge is 2.27. The second-order valence-corrected chi connectivity index (χ2v) is 21.4. The first-order chi connectivity index (χ1) is 31.0. The van der Waals surface area contributed by atoms with Crippen molar-refractivity contribution in [3.05, 3.63) is 115 Å². The van der Waals surface area contributed by atoms with E-state index in [1.54, 1.807) is 0 Å². The number of hydrogen-bond acceptors (Lipinski definition) is 4. The van der Waals surface area contributed by atoms with Gasteiger partial charge in [-0.15, -0.1) is 23.7 Å². The van der Waals surface area contributed by atoms with E-state index in [4.69, 9.17) is 18.9 Å². The van der Waals surface area contributed by atoms with Gasteiger partial charge < -0.3 is 18.9 Å². The van der Waals surface area contributed by atoms with Crippen LogP contribution in [0.2, 0.25) is 0 Å². The van der Waals surface area contributed by atoms with Crippen molar-refractivity contribution in [2.24, 2.45) is 0 Å². The third-order valence-corrected chi connectivity index (χ3v) is 11.9.